The maximum Gasteiger partial charge on any atom is 0.433 e. The van der Waals surface area contributed by atoms with Gasteiger partial charge in [0.1, 0.15) is 0 Å². The van der Waals surface area contributed by atoms with Crippen molar-refractivity contribution >= 4 is 28.8 Å². The largest absolute Gasteiger partial charge is 0.433 e. The molecule has 158 valence electrons. The monoisotopic (exact) mass is 444 g/mol. The second-order valence-electron chi connectivity index (χ2n) is 7.11. The summed E-state index contributed by atoms with van der Waals surface area (Å²) in [5.74, 6) is -0.671. The van der Waals surface area contributed by atoms with Crippen LogP contribution in [0.5, 0.6) is 0 Å². The number of amides is 1. The van der Waals surface area contributed by atoms with Crippen LogP contribution in [0, 0.1) is 13.8 Å². The van der Waals surface area contributed by atoms with Crippen molar-refractivity contribution in [3.63, 3.8) is 0 Å². The normalized spacial score (nSPS) is 11.7. The first kappa shape index (κ1) is 20.9. The molecule has 0 aliphatic heterocycles. The number of aryl methyl sites for hydroxylation is 2. The molecule has 4 aromatic rings. The molecule has 2 heterocycles. The van der Waals surface area contributed by atoms with Gasteiger partial charge in [0.25, 0.3) is 5.91 Å². The lowest BCUT2D eigenvalue weighted by Crippen LogP contribution is -2.15. The van der Waals surface area contributed by atoms with Gasteiger partial charge in [0.15, 0.2) is 17.0 Å². The number of halogens is 4. The van der Waals surface area contributed by atoms with Crippen LogP contribution >= 0.6 is 11.6 Å². The molecule has 9 heteroatoms. The van der Waals surface area contributed by atoms with Crippen molar-refractivity contribution in [2.75, 3.05) is 5.32 Å². The van der Waals surface area contributed by atoms with E-state index in [-0.39, 0.29) is 17.0 Å². The first-order valence-corrected chi connectivity index (χ1v) is 9.62. The quantitative estimate of drug-likeness (QED) is 0.425. The highest BCUT2D eigenvalue weighted by Crippen LogP contribution is 2.32. The Labute approximate surface area is 180 Å². The summed E-state index contributed by atoms with van der Waals surface area (Å²) in [4.78, 5) is 16.9. The molecular formula is C22H16ClF3N4O. The van der Waals surface area contributed by atoms with Gasteiger partial charge in [0, 0.05) is 22.3 Å². The molecule has 0 fully saturated rings. The molecule has 1 amide bonds. The van der Waals surface area contributed by atoms with E-state index in [1.165, 1.54) is 6.07 Å². The summed E-state index contributed by atoms with van der Waals surface area (Å²) in [6, 6.07) is 14.0. The lowest BCUT2D eigenvalue weighted by atomic mass is 10.1. The van der Waals surface area contributed by atoms with Gasteiger partial charge in [0.05, 0.1) is 5.69 Å². The Morgan fingerprint density at radius 2 is 1.74 bits per heavy atom. The molecule has 0 aliphatic rings. The first-order valence-electron chi connectivity index (χ1n) is 9.24. The summed E-state index contributed by atoms with van der Waals surface area (Å²) < 4.78 is 41.8. The van der Waals surface area contributed by atoms with Crippen LogP contribution in [0.4, 0.5) is 18.9 Å². The molecule has 2 aromatic carbocycles. The Morgan fingerprint density at radius 3 is 2.39 bits per heavy atom. The predicted molar refractivity (Wildman–Crippen MR) is 112 cm³/mol. The summed E-state index contributed by atoms with van der Waals surface area (Å²) >= 11 is 6.06. The standard InChI is InChI=1S/C22H16ClF3N4O/c1-12-3-6-14(7-4-12)17-10-19(22(24,25)26)30-20(28-17)11-18(29-30)21(31)27-15-8-5-13(2)16(23)9-15/h3-11H,1-2H3,(H,27,31). The minimum Gasteiger partial charge on any atom is -0.321 e. The third-order valence-electron chi connectivity index (χ3n) is 4.73. The number of benzene rings is 2. The number of carbonyl (C=O) groups is 1. The van der Waals surface area contributed by atoms with Crippen molar-refractivity contribution in [1.29, 1.82) is 0 Å². The number of alkyl halides is 3. The van der Waals surface area contributed by atoms with Crippen LogP contribution in [-0.4, -0.2) is 20.5 Å². The van der Waals surface area contributed by atoms with E-state index in [0.29, 0.717) is 20.8 Å². The van der Waals surface area contributed by atoms with Gasteiger partial charge in [-0.15, -0.1) is 0 Å². The highest BCUT2D eigenvalue weighted by atomic mass is 35.5. The van der Waals surface area contributed by atoms with Crippen LogP contribution in [0.15, 0.2) is 54.6 Å². The Kier molecular flexibility index (Phi) is 5.18. The maximum absolute atomic E-state index is 13.7. The Balaban J connectivity index is 1.77. The molecule has 4 rings (SSSR count). The SMILES string of the molecule is Cc1ccc(-c2cc(C(F)(F)F)n3nc(C(=O)Nc4ccc(C)c(Cl)c4)cc3n2)cc1. The zero-order valence-electron chi connectivity index (χ0n) is 16.5. The van der Waals surface area contributed by atoms with Crippen LogP contribution in [0.25, 0.3) is 16.9 Å². The lowest BCUT2D eigenvalue weighted by molar-refractivity contribution is -0.142. The number of aromatic nitrogens is 3. The Morgan fingerprint density at radius 1 is 1.03 bits per heavy atom. The van der Waals surface area contributed by atoms with E-state index in [0.717, 1.165) is 17.2 Å². The first-order chi connectivity index (χ1) is 14.6. The van der Waals surface area contributed by atoms with Gasteiger partial charge in [-0.1, -0.05) is 47.5 Å². The Hall–Kier alpha value is -3.39. The zero-order valence-corrected chi connectivity index (χ0v) is 17.2. The highest BCUT2D eigenvalue weighted by Gasteiger charge is 2.35. The second kappa shape index (κ2) is 7.70. The minimum atomic E-state index is -4.69. The van der Waals surface area contributed by atoms with E-state index in [4.69, 9.17) is 11.6 Å². The predicted octanol–water partition coefficient (Wildman–Crippen LogP) is 5.94. The number of nitrogens with one attached hydrogen (secondary N) is 1. The van der Waals surface area contributed by atoms with Gasteiger partial charge < -0.3 is 5.32 Å². The van der Waals surface area contributed by atoms with E-state index >= 15 is 0 Å². The molecule has 0 saturated heterocycles. The third kappa shape index (κ3) is 4.25. The number of anilines is 1. The topological polar surface area (TPSA) is 59.3 Å². The van der Waals surface area contributed by atoms with E-state index in [1.54, 1.807) is 42.5 Å². The fraction of sp³-hybridized carbons (Fsp3) is 0.136. The zero-order chi connectivity index (χ0) is 22.3. The molecule has 2 aromatic heterocycles. The summed E-state index contributed by atoms with van der Waals surface area (Å²) in [5.41, 5.74) is 1.56. The van der Waals surface area contributed by atoms with Crippen molar-refractivity contribution < 1.29 is 18.0 Å². The summed E-state index contributed by atoms with van der Waals surface area (Å²) in [6.07, 6.45) is -4.69. The average Bonchev–Trinajstić information content (AvgIpc) is 3.14. The van der Waals surface area contributed by atoms with E-state index in [2.05, 4.69) is 15.4 Å². The van der Waals surface area contributed by atoms with Gasteiger partial charge in [0.2, 0.25) is 0 Å². The number of nitrogens with zero attached hydrogens (tertiary/aromatic N) is 3. The molecular weight excluding hydrogens is 429 g/mol. The lowest BCUT2D eigenvalue weighted by Gasteiger charge is -2.11. The van der Waals surface area contributed by atoms with Crippen molar-refractivity contribution in [3.05, 3.63) is 82.1 Å². The third-order valence-corrected chi connectivity index (χ3v) is 5.13. The molecule has 0 radical (unpaired) electrons. The highest BCUT2D eigenvalue weighted by molar-refractivity contribution is 6.31. The van der Waals surface area contributed by atoms with Crippen molar-refractivity contribution in [2.24, 2.45) is 0 Å². The molecule has 0 saturated carbocycles. The summed E-state index contributed by atoms with van der Waals surface area (Å²) in [7, 11) is 0. The molecule has 0 spiro atoms. The van der Waals surface area contributed by atoms with Gasteiger partial charge in [-0.25, -0.2) is 9.50 Å². The van der Waals surface area contributed by atoms with Crippen LogP contribution in [0.1, 0.15) is 27.3 Å². The average molecular weight is 445 g/mol. The van der Waals surface area contributed by atoms with Crippen LogP contribution in [0.3, 0.4) is 0 Å². The number of hydrogen-bond donors (Lipinski definition) is 1. The second-order valence-corrected chi connectivity index (χ2v) is 7.52. The smallest absolute Gasteiger partial charge is 0.321 e. The van der Waals surface area contributed by atoms with Gasteiger partial charge in [-0.2, -0.15) is 18.3 Å². The van der Waals surface area contributed by atoms with E-state index in [9.17, 15) is 18.0 Å². The molecule has 0 bridgehead atoms. The molecule has 1 N–H and O–H groups in total. The fourth-order valence-corrected chi connectivity index (χ4v) is 3.21. The molecule has 0 aliphatic carbocycles. The Bertz CT molecular complexity index is 1300. The van der Waals surface area contributed by atoms with Crippen LogP contribution in [0.2, 0.25) is 5.02 Å². The summed E-state index contributed by atoms with van der Waals surface area (Å²) in [6.45, 7) is 3.69. The molecule has 5 nitrogen and oxygen atoms in total. The molecule has 0 atom stereocenters. The van der Waals surface area contributed by atoms with Crippen molar-refractivity contribution in [3.8, 4) is 11.3 Å². The summed E-state index contributed by atoms with van der Waals surface area (Å²) in [5, 5.41) is 6.90. The maximum atomic E-state index is 13.7. The van der Waals surface area contributed by atoms with E-state index < -0.39 is 17.8 Å². The fourth-order valence-electron chi connectivity index (χ4n) is 3.03. The van der Waals surface area contributed by atoms with Crippen molar-refractivity contribution in [2.45, 2.75) is 20.0 Å². The number of rotatable bonds is 3. The molecule has 0 unspecified atom stereocenters. The van der Waals surface area contributed by atoms with Crippen molar-refractivity contribution in [1.82, 2.24) is 14.6 Å². The van der Waals surface area contributed by atoms with Gasteiger partial charge in [-0.3, -0.25) is 4.79 Å². The number of carbonyl (C=O) groups excluding carboxylic acids is 1. The van der Waals surface area contributed by atoms with Crippen LogP contribution in [-0.2, 0) is 6.18 Å². The van der Waals surface area contributed by atoms with E-state index in [1.807, 2.05) is 13.8 Å². The van der Waals surface area contributed by atoms with Gasteiger partial charge in [-0.05, 0) is 37.6 Å². The van der Waals surface area contributed by atoms with Gasteiger partial charge >= 0.3 is 6.18 Å². The minimum absolute atomic E-state index is 0.0857. The number of hydrogen-bond acceptors (Lipinski definition) is 3. The number of fused-ring (bicyclic) bond motifs is 1. The van der Waals surface area contributed by atoms with Crippen LogP contribution < -0.4 is 5.32 Å². The molecule has 31 heavy (non-hydrogen) atoms.